The Labute approximate surface area is 91.0 Å². The Kier molecular flexibility index (Phi) is 6.55. The Morgan fingerprint density at radius 3 is 1.92 bits per heavy atom. The molecule has 0 radical (unpaired) electrons. The lowest BCUT2D eigenvalue weighted by Crippen LogP contribution is -2.40. The smallest absolute Gasteiger partial charge is 0.0125 e. The van der Waals surface area contributed by atoms with Crippen molar-refractivity contribution in [2.75, 3.05) is 11.5 Å². The summed E-state index contributed by atoms with van der Waals surface area (Å²) in [5, 5.41) is 0. The Bertz CT molecular complexity index is 112. The summed E-state index contributed by atoms with van der Waals surface area (Å²) < 4.78 is 1.26. The molecule has 0 heterocycles. The van der Waals surface area contributed by atoms with Crippen molar-refractivity contribution < 1.29 is 0 Å². The van der Waals surface area contributed by atoms with E-state index in [-0.39, 0.29) is 0 Å². The highest BCUT2D eigenvalue weighted by Gasteiger charge is 2.19. The summed E-state index contributed by atoms with van der Waals surface area (Å²) >= 11 is 2.47. The molecule has 0 fully saturated rings. The van der Waals surface area contributed by atoms with Gasteiger partial charge in [0, 0.05) is 16.5 Å². The summed E-state index contributed by atoms with van der Waals surface area (Å²) in [6, 6.07) is 1.42. The number of hydrogen-bond donors (Lipinski definition) is 0. The van der Waals surface area contributed by atoms with Gasteiger partial charge >= 0.3 is 0 Å². The minimum atomic E-state index is 0.667. The van der Waals surface area contributed by atoms with Crippen molar-refractivity contribution in [2.45, 2.75) is 46.2 Å². The molecule has 1 nitrogen and oxygen atoms in total. The normalized spacial score (nSPS) is 14.8. The van der Waals surface area contributed by atoms with E-state index in [1.807, 2.05) is 0 Å². The molecule has 0 aliphatic heterocycles. The molecule has 0 saturated carbocycles. The third-order valence-electron chi connectivity index (χ3n) is 2.51. The van der Waals surface area contributed by atoms with Crippen molar-refractivity contribution in [2.24, 2.45) is 5.92 Å². The van der Waals surface area contributed by atoms with Crippen LogP contribution in [-0.2, 0) is 0 Å². The summed E-state index contributed by atoms with van der Waals surface area (Å²) in [7, 11) is 2.24. The quantitative estimate of drug-likeness (QED) is 0.553. The molecule has 0 spiro atoms. The lowest BCUT2D eigenvalue weighted by Gasteiger charge is -2.33. The molecule has 0 aliphatic carbocycles. The lowest BCUT2D eigenvalue weighted by atomic mass is 9.99. The van der Waals surface area contributed by atoms with Crippen LogP contribution in [0.25, 0.3) is 0 Å². The molecular weight excluding hydrogens is 261 g/mol. The van der Waals surface area contributed by atoms with E-state index in [1.165, 1.54) is 10.8 Å². The average Bonchev–Trinajstić information content (AvgIpc) is 1.98. The number of alkyl halides is 1. The van der Waals surface area contributed by atoms with Gasteiger partial charge in [-0.2, -0.15) is 0 Å². The first-order chi connectivity index (χ1) is 5.50. The van der Waals surface area contributed by atoms with E-state index in [2.05, 4.69) is 62.2 Å². The van der Waals surface area contributed by atoms with Gasteiger partial charge in [-0.3, -0.25) is 0 Å². The maximum absolute atomic E-state index is 2.49. The second-order valence-electron chi connectivity index (χ2n) is 4.05. The highest BCUT2D eigenvalue weighted by atomic mass is 127. The van der Waals surface area contributed by atoms with E-state index < -0.39 is 0 Å². The van der Waals surface area contributed by atoms with Crippen LogP contribution in [0.15, 0.2) is 0 Å². The molecule has 0 amide bonds. The molecule has 0 aromatic rings. The van der Waals surface area contributed by atoms with Crippen molar-refractivity contribution in [1.29, 1.82) is 0 Å². The van der Waals surface area contributed by atoms with Crippen LogP contribution >= 0.6 is 22.6 Å². The Balaban J connectivity index is 4.09. The zero-order valence-electron chi connectivity index (χ0n) is 8.97. The van der Waals surface area contributed by atoms with Gasteiger partial charge in [-0.25, -0.2) is 0 Å². The van der Waals surface area contributed by atoms with Gasteiger partial charge in [0.2, 0.25) is 0 Å². The minimum absolute atomic E-state index is 0.667. The van der Waals surface area contributed by atoms with Crippen LogP contribution in [0.2, 0.25) is 0 Å². The largest absolute Gasteiger partial charge is 0.301 e. The average molecular weight is 283 g/mol. The zero-order chi connectivity index (χ0) is 9.72. The molecule has 2 heteroatoms. The molecule has 0 aromatic heterocycles. The first kappa shape index (κ1) is 12.7. The van der Waals surface area contributed by atoms with Gasteiger partial charge < -0.3 is 4.90 Å². The van der Waals surface area contributed by atoms with Crippen LogP contribution in [0.5, 0.6) is 0 Å². The predicted molar refractivity (Wildman–Crippen MR) is 65.0 cm³/mol. The first-order valence-corrected chi connectivity index (χ1v) is 6.31. The molecule has 0 bridgehead atoms. The van der Waals surface area contributed by atoms with Crippen molar-refractivity contribution in [3.8, 4) is 0 Å². The third-order valence-corrected chi connectivity index (χ3v) is 3.13. The molecule has 0 N–H and O–H groups in total. The lowest BCUT2D eigenvalue weighted by molar-refractivity contribution is 0.151. The van der Waals surface area contributed by atoms with Crippen LogP contribution in [0.3, 0.4) is 0 Å². The van der Waals surface area contributed by atoms with Crippen LogP contribution in [0, 0.1) is 5.92 Å². The van der Waals surface area contributed by atoms with Gasteiger partial charge in [-0.15, -0.1) is 0 Å². The Morgan fingerprint density at radius 1 is 1.17 bits per heavy atom. The summed E-state index contributed by atoms with van der Waals surface area (Å²) in [4.78, 5) is 2.49. The molecule has 1 unspecified atom stereocenters. The number of hydrogen-bond acceptors (Lipinski definition) is 1. The van der Waals surface area contributed by atoms with Gasteiger partial charge in [-0.1, -0.05) is 36.4 Å². The second-order valence-corrected chi connectivity index (χ2v) is 5.13. The van der Waals surface area contributed by atoms with Gasteiger partial charge in [0.1, 0.15) is 0 Å². The molecule has 0 aliphatic rings. The van der Waals surface area contributed by atoms with E-state index in [0.717, 1.165) is 12.0 Å². The van der Waals surface area contributed by atoms with Gasteiger partial charge in [-0.05, 0) is 33.2 Å². The number of halogens is 1. The standard InChI is InChI=1S/C10H22IN/c1-8(2)10(6-7-11)12(5)9(3)4/h8-10H,6-7H2,1-5H3. The SMILES string of the molecule is CC(C)C(CCI)N(C)C(C)C. The van der Waals surface area contributed by atoms with Crippen LogP contribution in [0.1, 0.15) is 34.1 Å². The zero-order valence-corrected chi connectivity index (χ0v) is 11.1. The van der Waals surface area contributed by atoms with E-state index in [0.29, 0.717) is 6.04 Å². The van der Waals surface area contributed by atoms with E-state index in [9.17, 15) is 0 Å². The third kappa shape index (κ3) is 4.08. The van der Waals surface area contributed by atoms with E-state index in [4.69, 9.17) is 0 Å². The fraction of sp³-hybridized carbons (Fsp3) is 1.00. The van der Waals surface area contributed by atoms with Crippen LogP contribution in [0.4, 0.5) is 0 Å². The van der Waals surface area contributed by atoms with Gasteiger partial charge in [0.15, 0.2) is 0 Å². The Hall–Kier alpha value is 0.690. The maximum Gasteiger partial charge on any atom is 0.0125 e. The van der Waals surface area contributed by atoms with E-state index >= 15 is 0 Å². The minimum Gasteiger partial charge on any atom is -0.301 e. The van der Waals surface area contributed by atoms with E-state index in [1.54, 1.807) is 0 Å². The number of rotatable bonds is 5. The summed E-state index contributed by atoms with van der Waals surface area (Å²) in [6.07, 6.45) is 1.31. The van der Waals surface area contributed by atoms with Gasteiger partial charge in [0.05, 0.1) is 0 Å². The van der Waals surface area contributed by atoms with Gasteiger partial charge in [0.25, 0.3) is 0 Å². The van der Waals surface area contributed by atoms with Crippen LogP contribution in [-0.4, -0.2) is 28.5 Å². The molecular formula is C10H22IN. The van der Waals surface area contributed by atoms with Crippen LogP contribution < -0.4 is 0 Å². The topological polar surface area (TPSA) is 3.24 Å². The predicted octanol–water partition coefficient (Wildman–Crippen LogP) is 3.18. The molecule has 0 aromatic carbocycles. The highest BCUT2D eigenvalue weighted by Crippen LogP contribution is 2.16. The maximum atomic E-state index is 2.49. The summed E-state index contributed by atoms with van der Waals surface area (Å²) in [5.41, 5.74) is 0. The first-order valence-electron chi connectivity index (χ1n) is 4.78. The fourth-order valence-corrected chi connectivity index (χ4v) is 2.14. The Morgan fingerprint density at radius 2 is 1.67 bits per heavy atom. The molecule has 0 saturated heterocycles. The highest BCUT2D eigenvalue weighted by molar-refractivity contribution is 14.1. The molecule has 0 rings (SSSR count). The monoisotopic (exact) mass is 283 g/mol. The summed E-state index contributed by atoms with van der Waals surface area (Å²) in [6.45, 7) is 9.16. The summed E-state index contributed by atoms with van der Waals surface area (Å²) in [5.74, 6) is 0.771. The van der Waals surface area contributed by atoms with Crippen molar-refractivity contribution in [3.05, 3.63) is 0 Å². The fourth-order valence-electron chi connectivity index (χ4n) is 1.50. The van der Waals surface area contributed by atoms with Crippen molar-refractivity contribution >= 4 is 22.6 Å². The number of nitrogens with zero attached hydrogens (tertiary/aromatic N) is 1. The van der Waals surface area contributed by atoms with Crippen molar-refractivity contribution in [1.82, 2.24) is 4.90 Å². The van der Waals surface area contributed by atoms with Crippen molar-refractivity contribution in [3.63, 3.8) is 0 Å². The molecule has 74 valence electrons. The second kappa shape index (κ2) is 6.19. The molecule has 1 atom stereocenters. The molecule has 12 heavy (non-hydrogen) atoms.